The Hall–Kier alpha value is -1.31. The standard InChI is InChI=1S/C24H37NO/c1-5-6-7-8-9-10-19-11-13-20(14-12-19)22(26)25-18-24(4)16-21(25)15-23(2,3)17-24/h11-14,21H,5-10,15-18H2,1-4H3/t21-,24+/m0/s1. The lowest BCUT2D eigenvalue weighted by Gasteiger charge is -2.39. The maximum atomic E-state index is 13.1. The van der Waals surface area contributed by atoms with E-state index in [-0.39, 0.29) is 5.91 Å². The van der Waals surface area contributed by atoms with Gasteiger partial charge in [0.1, 0.15) is 0 Å². The van der Waals surface area contributed by atoms with Crippen LogP contribution in [0.2, 0.25) is 0 Å². The highest BCUT2D eigenvalue weighted by Gasteiger charge is 2.50. The Kier molecular flexibility index (Phi) is 5.79. The Balaban J connectivity index is 1.59. The van der Waals surface area contributed by atoms with Gasteiger partial charge in [-0.2, -0.15) is 0 Å². The molecule has 1 aliphatic carbocycles. The first-order valence-corrected chi connectivity index (χ1v) is 10.7. The van der Waals surface area contributed by atoms with Gasteiger partial charge >= 0.3 is 0 Å². The fraction of sp³-hybridized carbons (Fsp3) is 0.708. The van der Waals surface area contributed by atoms with Crippen LogP contribution in [0.5, 0.6) is 0 Å². The van der Waals surface area contributed by atoms with Gasteiger partial charge in [-0.3, -0.25) is 4.79 Å². The number of aryl methyl sites for hydroxylation is 1. The van der Waals surface area contributed by atoms with Crippen molar-refractivity contribution in [2.24, 2.45) is 10.8 Å². The van der Waals surface area contributed by atoms with Crippen molar-refractivity contribution in [1.82, 2.24) is 4.90 Å². The average molecular weight is 356 g/mol. The molecule has 2 aliphatic rings. The molecule has 2 atom stereocenters. The van der Waals surface area contributed by atoms with E-state index in [0.29, 0.717) is 16.9 Å². The fourth-order valence-corrected chi connectivity index (χ4v) is 5.61. The third-order valence-corrected chi connectivity index (χ3v) is 6.45. The molecule has 2 heteroatoms. The highest BCUT2D eigenvalue weighted by Crippen LogP contribution is 2.52. The molecular formula is C24H37NO. The lowest BCUT2D eigenvalue weighted by Crippen LogP contribution is -2.37. The van der Waals surface area contributed by atoms with E-state index >= 15 is 0 Å². The van der Waals surface area contributed by atoms with Crippen LogP contribution in [-0.2, 0) is 6.42 Å². The number of benzene rings is 1. The summed E-state index contributed by atoms with van der Waals surface area (Å²) in [6, 6.07) is 8.87. The minimum absolute atomic E-state index is 0.242. The van der Waals surface area contributed by atoms with Crippen LogP contribution in [0.3, 0.4) is 0 Å². The quantitative estimate of drug-likeness (QED) is 0.530. The van der Waals surface area contributed by atoms with Gasteiger partial charge in [-0.1, -0.05) is 65.5 Å². The van der Waals surface area contributed by atoms with Gasteiger partial charge in [0.2, 0.25) is 0 Å². The van der Waals surface area contributed by atoms with Crippen molar-refractivity contribution in [3.05, 3.63) is 35.4 Å². The molecule has 0 radical (unpaired) electrons. The van der Waals surface area contributed by atoms with Crippen molar-refractivity contribution in [3.63, 3.8) is 0 Å². The van der Waals surface area contributed by atoms with E-state index in [2.05, 4.69) is 56.9 Å². The summed E-state index contributed by atoms with van der Waals surface area (Å²) in [4.78, 5) is 15.3. The van der Waals surface area contributed by atoms with Crippen LogP contribution in [0, 0.1) is 10.8 Å². The maximum absolute atomic E-state index is 13.1. The molecule has 0 spiro atoms. The molecule has 0 aromatic heterocycles. The molecule has 1 amide bonds. The van der Waals surface area contributed by atoms with Crippen molar-refractivity contribution in [1.29, 1.82) is 0 Å². The van der Waals surface area contributed by atoms with E-state index in [0.717, 1.165) is 24.9 Å². The van der Waals surface area contributed by atoms with Crippen molar-refractivity contribution in [2.45, 2.75) is 91.5 Å². The number of hydrogen-bond acceptors (Lipinski definition) is 1. The summed E-state index contributed by atoms with van der Waals surface area (Å²) in [5.74, 6) is 0.242. The van der Waals surface area contributed by atoms with Crippen molar-refractivity contribution < 1.29 is 4.79 Å². The van der Waals surface area contributed by atoms with Crippen LogP contribution < -0.4 is 0 Å². The van der Waals surface area contributed by atoms with Gasteiger partial charge in [-0.25, -0.2) is 0 Å². The van der Waals surface area contributed by atoms with Gasteiger partial charge in [0.25, 0.3) is 5.91 Å². The van der Waals surface area contributed by atoms with Crippen molar-refractivity contribution >= 4 is 5.91 Å². The summed E-state index contributed by atoms with van der Waals surface area (Å²) in [6.07, 6.45) is 11.3. The molecule has 1 aromatic carbocycles. The Bertz CT molecular complexity index is 618. The second-order valence-corrected chi connectivity index (χ2v) is 10.0. The Morgan fingerprint density at radius 2 is 1.73 bits per heavy atom. The maximum Gasteiger partial charge on any atom is 0.254 e. The van der Waals surface area contributed by atoms with Crippen LogP contribution in [-0.4, -0.2) is 23.4 Å². The molecule has 2 fully saturated rings. The SMILES string of the molecule is CCCCCCCc1ccc(C(=O)N2C[C@]3(C)C[C@@H]2CC(C)(C)C3)cc1. The molecule has 144 valence electrons. The number of amides is 1. The number of carbonyl (C=O) groups excluding carboxylic acids is 1. The first kappa shape index (κ1) is 19.5. The molecular weight excluding hydrogens is 318 g/mol. The zero-order chi connectivity index (χ0) is 18.8. The van der Waals surface area contributed by atoms with E-state index in [9.17, 15) is 4.79 Å². The molecule has 2 bridgehead atoms. The van der Waals surface area contributed by atoms with Gasteiger partial charge in [0.05, 0.1) is 0 Å². The Morgan fingerprint density at radius 3 is 2.42 bits per heavy atom. The smallest absolute Gasteiger partial charge is 0.254 e. The Morgan fingerprint density at radius 1 is 1.04 bits per heavy atom. The lowest BCUT2D eigenvalue weighted by atomic mass is 9.65. The largest absolute Gasteiger partial charge is 0.335 e. The second-order valence-electron chi connectivity index (χ2n) is 10.0. The molecule has 1 heterocycles. The molecule has 1 saturated carbocycles. The number of fused-ring (bicyclic) bond motifs is 2. The van der Waals surface area contributed by atoms with E-state index in [1.54, 1.807) is 0 Å². The summed E-state index contributed by atoms with van der Waals surface area (Å²) in [6.45, 7) is 10.3. The molecule has 26 heavy (non-hydrogen) atoms. The highest BCUT2D eigenvalue weighted by atomic mass is 16.2. The molecule has 3 rings (SSSR count). The number of unbranched alkanes of at least 4 members (excludes halogenated alkanes) is 4. The molecule has 1 aromatic rings. The molecule has 0 unspecified atom stereocenters. The number of carbonyl (C=O) groups is 1. The third-order valence-electron chi connectivity index (χ3n) is 6.45. The van der Waals surface area contributed by atoms with Gasteiger partial charge in [0, 0.05) is 18.2 Å². The van der Waals surface area contributed by atoms with Crippen LogP contribution >= 0.6 is 0 Å². The summed E-state index contributed by atoms with van der Waals surface area (Å²) < 4.78 is 0. The normalized spacial score (nSPS) is 26.9. The van der Waals surface area contributed by atoms with E-state index in [1.807, 2.05) is 0 Å². The summed E-state index contributed by atoms with van der Waals surface area (Å²) >= 11 is 0. The number of hydrogen-bond donors (Lipinski definition) is 0. The zero-order valence-corrected chi connectivity index (χ0v) is 17.3. The molecule has 0 N–H and O–H groups in total. The minimum Gasteiger partial charge on any atom is -0.335 e. The number of rotatable bonds is 7. The van der Waals surface area contributed by atoms with E-state index < -0.39 is 0 Å². The minimum atomic E-state index is 0.242. The lowest BCUT2D eigenvalue weighted by molar-refractivity contribution is 0.0708. The first-order valence-electron chi connectivity index (χ1n) is 10.7. The topological polar surface area (TPSA) is 20.3 Å². The van der Waals surface area contributed by atoms with Gasteiger partial charge < -0.3 is 4.90 Å². The third kappa shape index (κ3) is 4.50. The second kappa shape index (κ2) is 7.74. The average Bonchev–Trinajstić information content (AvgIpc) is 2.83. The van der Waals surface area contributed by atoms with E-state index in [1.165, 1.54) is 50.5 Å². The van der Waals surface area contributed by atoms with Crippen molar-refractivity contribution in [2.75, 3.05) is 6.54 Å². The zero-order valence-electron chi connectivity index (χ0n) is 17.3. The van der Waals surface area contributed by atoms with Crippen LogP contribution in [0.4, 0.5) is 0 Å². The predicted molar refractivity (Wildman–Crippen MR) is 109 cm³/mol. The van der Waals surface area contributed by atoms with Crippen LogP contribution in [0.25, 0.3) is 0 Å². The van der Waals surface area contributed by atoms with Crippen molar-refractivity contribution in [3.8, 4) is 0 Å². The van der Waals surface area contributed by atoms with Gasteiger partial charge in [0.15, 0.2) is 0 Å². The van der Waals surface area contributed by atoms with Gasteiger partial charge in [-0.15, -0.1) is 0 Å². The predicted octanol–water partition coefficient (Wildman–Crippen LogP) is 6.24. The first-order chi connectivity index (χ1) is 12.3. The van der Waals surface area contributed by atoms with E-state index in [4.69, 9.17) is 0 Å². The number of likely N-dealkylation sites (tertiary alicyclic amines) is 1. The monoisotopic (exact) mass is 355 g/mol. The van der Waals surface area contributed by atoms with Gasteiger partial charge in [-0.05, 0) is 60.6 Å². The fourth-order valence-electron chi connectivity index (χ4n) is 5.61. The molecule has 2 nitrogen and oxygen atoms in total. The van der Waals surface area contributed by atoms with Crippen LogP contribution in [0.1, 0.15) is 95.0 Å². The Labute approximate surface area is 160 Å². The van der Waals surface area contributed by atoms with Crippen LogP contribution in [0.15, 0.2) is 24.3 Å². The molecule has 1 saturated heterocycles. The summed E-state index contributed by atoms with van der Waals surface area (Å²) in [5, 5.41) is 0. The summed E-state index contributed by atoms with van der Waals surface area (Å²) in [7, 11) is 0. The number of nitrogens with zero attached hydrogens (tertiary/aromatic N) is 1. The highest BCUT2D eigenvalue weighted by molar-refractivity contribution is 5.94. The molecule has 1 aliphatic heterocycles. The summed E-state index contributed by atoms with van der Waals surface area (Å²) in [5.41, 5.74) is 2.90.